The first-order valence-corrected chi connectivity index (χ1v) is 7.93. The molecule has 1 fully saturated rings. The van der Waals surface area contributed by atoms with Crippen molar-refractivity contribution in [3.05, 3.63) is 16.9 Å². The van der Waals surface area contributed by atoms with Gasteiger partial charge in [0.25, 0.3) is 0 Å². The zero-order valence-corrected chi connectivity index (χ0v) is 13.4. The van der Waals surface area contributed by atoms with E-state index < -0.39 is 0 Å². The number of fused-ring (bicyclic) bond motifs is 1. The van der Waals surface area contributed by atoms with Crippen molar-refractivity contribution in [1.82, 2.24) is 19.4 Å². The van der Waals surface area contributed by atoms with Gasteiger partial charge >= 0.3 is 0 Å². The van der Waals surface area contributed by atoms with Crippen molar-refractivity contribution in [3.63, 3.8) is 0 Å². The molecule has 1 aliphatic carbocycles. The van der Waals surface area contributed by atoms with E-state index in [-0.39, 0.29) is 0 Å². The number of ether oxygens (including phenoxy) is 1. The summed E-state index contributed by atoms with van der Waals surface area (Å²) in [6.07, 6.45) is 5.37. The van der Waals surface area contributed by atoms with Crippen LogP contribution in [0.15, 0.2) is 12.1 Å². The summed E-state index contributed by atoms with van der Waals surface area (Å²) in [4.78, 5) is 10.2. The number of nitrogens with one attached hydrogen (secondary N) is 1. The number of aromatic amines is 1. The second-order valence-electron chi connectivity index (χ2n) is 5.73. The van der Waals surface area contributed by atoms with Crippen LogP contribution in [0.1, 0.15) is 25.7 Å². The summed E-state index contributed by atoms with van der Waals surface area (Å²) in [6, 6.07) is 4.54. The van der Waals surface area contributed by atoms with Crippen LogP contribution in [0, 0.1) is 4.77 Å². The van der Waals surface area contributed by atoms with E-state index in [9.17, 15) is 0 Å². The molecule has 0 bridgehead atoms. The molecule has 0 aliphatic heterocycles. The van der Waals surface area contributed by atoms with E-state index in [0.717, 1.165) is 35.1 Å². The molecule has 1 N–H and O–H groups in total. The van der Waals surface area contributed by atoms with Gasteiger partial charge in [-0.2, -0.15) is 4.98 Å². The van der Waals surface area contributed by atoms with Gasteiger partial charge in [-0.15, -0.1) is 0 Å². The molecule has 0 unspecified atom stereocenters. The lowest BCUT2D eigenvalue weighted by atomic mass is 10.2. The van der Waals surface area contributed by atoms with Gasteiger partial charge < -0.3 is 19.2 Å². The fourth-order valence-corrected chi connectivity index (χ4v) is 3.41. The Bertz CT molecular complexity index is 672. The maximum atomic E-state index is 5.43. The Labute approximate surface area is 129 Å². The van der Waals surface area contributed by atoms with Gasteiger partial charge in [-0.1, -0.05) is 12.8 Å². The minimum absolute atomic E-state index is 0.620. The monoisotopic (exact) mass is 306 g/mol. The summed E-state index contributed by atoms with van der Waals surface area (Å²) < 4.78 is 8.01. The number of imidazole rings is 1. The van der Waals surface area contributed by atoms with Gasteiger partial charge in [-0.3, -0.25) is 0 Å². The molecule has 2 aromatic rings. The van der Waals surface area contributed by atoms with Crippen molar-refractivity contribution in [2.45, 2.75) is 38.3 Å². The van der Waals surface area contributed by atoms with Crippen molar-refractivity contribution in [1.29, 1.82) is 0 Å². The summed E-state index contributed by atoms with van der Waals surface area (Å²) in [5.74, 6) is 0.620. The molecule has 2 aromatic heterocycles. The Hall–Kier alpha value is -1.40. The van der Waals surface area contributed by atoms with Crippen LogP contribution < -0.4 is 4.74 Å². The summed E-state index contributed by atoms with van der Waals surface area (Å²) >= 11 is 5.43. The Balaban J connectivity index is 1.79. The molecule has 0 saturated heterocycles. The molecular weight excluding hydrogens is 284 g/mol. The summed E-state index contributed by atoms with van der Waals surface area (Å²) in [7, 11) is 3.84. The Morgan fingerprint density at radius 1 is 1.43 bits per heavy atom. The number of methoxy groups -OCH3 is 1. The Morgan fingerprint density at radius 3 is 2.90 bits per heavy atom. The molecule has 5 nitrogen and oxygen atoms in total. The Kier molecular flexibility index (Phi) is 4.26. The van der Waals surface area contributed by atoms with E-state index in [1.807, 2.05) is 12.1 Å². The number of rotatable bonds is 5. The zero-order valence-electron chi connectivity index (χ0n) is 12.6. The molecule has 6 heteroatoms. The number of hydrogen-bond acceptors (Lipinski definition) is 4. The van der Waals surface area contributed by atoms with Crippen LogP contribution in [0.3, 0.4) is 0 Å². The molecule has 2 heterocycles. The number of H-pyrrole nitrogens is 1. The van der Waals surface area contributed by atoms with Crippen LogP contribution in [0.4, 0.5) is 0 Å². The standard InChI is InChI=1S/C15H22N4OS/c1-18(11-5-3-4-6-11)9-10-19-14-12(16-15(19)21)7-8-13(17-14)20-2/h7-8,11H,3-6,9-10H2,1-2H3,(H,16,21). The largest absolute Gasteiger partial charge is 0.481 e. The first kappa shape index (κ1) is 14.5. The highest BCUT2D eigenvalue weighted by molar-refractivity contribution is 7.71. The van der Waals surface area contributed by atoms with Crippen molar-refractivity contribution in [3.8, 4) is 5.88 Å². The van der Waals surface area contributed by atoms with Gasteiger partial charge in [0.15, 0.2) is 10.4 Å². The molecule has 21 heavy (non-hydrogen) atoms. The van der Waals surface area contributed by atoms with Gasteiger partial charge in [0.2, 0.25) is 5.88 Å². The molecule has 1 aliphatic rings. The first-order valence-electron chi connectivity index (χ1n) is 7.53. The molecule has 0 spiro atoms. The van der Waals surface area contributed by atoms with Crippen LogP contribution in [0.5, 0.6) is 5.88 Å². The average Bonchev–Trinajstić information content (AvgIpc) is 3.11. The zero-order chi connectivity index (χ0) is 14.8. The SMILES string of the molecule is COc1ccc2[nH]c(=S)n(CCN(C)C3CCCC3)c2n1. The van der Waals surface area contributed by atoms with Crippen LogP contribution in [0.25, 0.3) is 11.2 Å². The second kappa shape index (κ2) is 6.15. The van der Waals surface area contributed by atoms with E-state index in [1.54, 1.807) is 7.11 Å². The van der Waals surface area contributed by atoms with Gasteiger partial charge in [-0.05, 0) is 38.2 Å². The van der Waals surface area contributed by atoms with Crippen molar-refractivity contribution in [2.24, 2.45) is 0 Å². The molecule has 3 rings (SSSR count). The minimum atomic E-state index is 0.620. The highest BCUT2D eigenvalue weighted by Crippen LogP contribution is 2.22. The number of pyridine rings is 1. The van der Waals surface area contributed by atoms with Crippen LogP contribution in [0.2, 0.25) is 0 Å². The van der Waals surface area contributed by atoms with Crippen LogP contribution >= 0.6 is 12.2 Å². The van der Waals surface area contributed by atoms with E-state index >= 15 is 0 Å². The van der Waals surface area contributed by atoms with Gasteiger partial charge in [0.05, 0.1) is 12.6 Å². The maximum Gasteiger partial charge on any atom is 0.215 e. The lowest BCUT2D eigenvalue weighted by molar-refractivity contribution is 0.237. The maximum absolute atomic E-state index is 5.43. The van der Waals surface area contributed by atoms with Crippen molar-refractivity contribution >= 4 is 23.4 Å². The molecule has 114 valence electrons. The predicted octanol–water partition coefficient (Wildman–Crippen LogP) is 2.98. The third-order valence-electron chi connectivity index (χ3n) is 4.43. The smallest absolute Gasteiger partial charge is 0.215 e. The highest BCUT2D eigenvalue weighted by Gasteiger charge is 2.19. The third-order valence-corrected chi connectivity index (χ3v) is 4.75. The van der Waals surface area contributed by atoms with Crippen molar-refractivity contribution in [2.75, 3.05) is 20.7 Å². The normalized spacial score (nSPS) is 16.1. The number of likely N-dealkylation sites (N-methyl/N-ethyl adjacent to an activating group) is 1. The van der Waals surface area contributed by atoms with Gasteiger partial charge in [0, 0.05) is 25.2 Å². The molecular formula is C15H22N4OS. The van der Waals surface area contributed by atoms with E-state index in [4.69, 9.17) is 17.0 Å². The van der Waals surface area contributed by atoms with Gasteiger partial charge in [-0.25, -0.2) is 0 Å². The van der Waals surface area contributed by atoms with E-state index in [2.05, 4.69) is 26.5 Å². The van der Waals surface area contributed by atoms with Gasteiger partial charge in [0.1, 0.15) is 0 Å². The Morgan fingerprint density at radius 2 is 2.19 bits per heavy atom. The fraction of sp³-hybridized carbons (Fsp3) is 0.600. The molecule has 0 radical (unpaired) electrons. The lowest BCUT2D eigenvalue weighted by Gasteiger charge is -2.24. The van der Waals surface area contributed by atoms with E-state index in [1.165, 1.54) is 25.7 Å². The fourth-order valence-electron chi connectivity index (χ4n) is 3.12. The average molecular weight is 306 g/mol. The number of hydrogen-bond donors (Lipinski definition) is 1. The highest BCUT2D eigenvalue weighted by atomic mass is 32.1. The lowest BCUT2D eigenvalue weighted by Crippen LogP contribution is -2.32. The number of aromatic nitrogens is 3. The van der Waals surface area contributed by atoms with Crippen molar-refractivity contribution < 1.29 is 4.74 Å². The minimum Gasteiger partial charge on any atom is -0.481 e. The predicted molar refractivity (Wildman–Crippen MR) is 86.4 cm³/mol. The number of nitrogens with zero attached hydrogens (tertiary/aromatic N) is 3. The summed E-state index contributed by atoms with van der Waals surface area (Å²) in [5, 5.41) is 0. The topological polar surface area (TPSA) is 46.1 Å². The molecule has 0 atom stereocenters. The molecule has 0 aromatic carbocycles. The van der Waals surface area contributed by atoms with Crippen LogP contribution in [-0.4, -0.2) is 46.2 Å². The summed E-state index contributed by atoms with van der Waals surface area (Å²) in [5.41, 5.74) is 1.84. The summed E-state index contributed by atoms with van der Waals surface area (Å²) in [6.45, 7) is 1.84. The molecule has 1 saturated carbocycles. The second-order valence-corrected chi connectivity index (χ2v) is 6.11. The van der Waals surface area contributed by atoms with E-state index in [0.29, 0.717) is 5.88 Å². The quantitative estimate of drug-likeness (QED) is 0.863. The first-order chi connectivity index (χ1) is 10.2. The molecule has 0 amide bonds. The van der Waals surface area contributed by atoms with Crippen LogP contribution in [-0.2, 0) is 6.54 Å². The third kappa shape index (κ3) is 2.96.